The van der Waals surface area contributed by atoms with E-state index in [1.807, 2.05) is 27.7 Å². The number of rotatable bonds is 4. The van der Waals surface area contributed by atoms with Crippen LogP contribution >= 0.6 is 0 Å². The maximum atomic E-state index is 13.0. The maximum absolute atomic E-state index is 13.0. The first kappa shape index (κ1) is 17.7. The minimum absolute atomic E-state index is 0.0136. The van der Waals surface area contributed by atoms with Crippen LogP contribution in [0.2, 0.25) is 0 Å². The molecule has 2 heterocycles. The van der Waals surface area contributed by atoms with Gasteiger partial charge in [0.1, 0.15) is 5.69 Å². The largest absolute Gasteiger partial charge is 0.396 e. The average molecular weight is 320 g/mol. The Morgan fingerprint density at radius 3 is 2.57 bits per heavy atom. The number of nitrogens with zero attached hydrogens (tertiary/aromatic N) is 1. The molecule has 0 spiro atoms. The number of nitrogens with one attached hydrogen (secondary N) is 1. The molecule has 2 rings (SSSR count). The van der Waals surface area contributed by atoms with Crippen LogP contribution in [0.5, 0.6) is 0 Å². The molecule has 0 radical (unpaired) electrons. The normalized spacial score (nSPS) is 21.8. The van der Waals surface area contributed by atoms with Gasteiger partial charge < -0.3 is 15.0 Å². The van der Waals surface area contributed by atoms with Crippen molar-refractivity contribution in [3.05, 3.63) is 22.5 Å². The third-order valence-electron chi connectivity index (χ3n) is 4.82. The molecule has 0 aliphatic carbocycles. The summed E-state index contributed by atoms with van der Waals surface area (Å²) in [7, 11) is 0. The lowest BCUT2D eigenvalue weighted by atomic mass is 9.82. The molecular formula is C18H28N2O3. The number of likely N-dealkylation sites (tertiary alicyclic amines) is 1. The number of carbonyl (C=O) groups is 2. The van der Waals surface area contributed by atoms with Gasteiger partial charge in [0.15, 0.2) is 5.78 Å². The van der Waals surface area contributed by atoms with Crippen LogP contribution in [0.3, 0.4) is 0 Å². The van der Waals surface area contributed by atoms with E-state index in [2.05, 4.69) is 4.98 Å². The summed E-state index contributed by atoms with van der Waals surface area (Å²) >= 11 is 0. The van der Waals surface area contributed by atoms with E-state index in [0.29, 0.717) is 24.3 Å². The molecule has 23 heavy (non-hydrogen) atoms. The third-order valence-corrected chi connectivity index (χ3v) is 4.82. The summed E-state index contributed by atoms with van der Waals surface area (Å²) in [6.45, 7) is 10.7. The minimum atomic E-state index is -0.239. The van der Waals surface area contributed by atoms with E-state index in [1.165, 1.54) is 0 Å². The van der Waals surface area contributed by atoms with Crippen LogP contribution in [0, 0.1) is 12.3 Å². The number of aliphatic hydroxyl groups is 1. The number of aromatic nitrogens is 1. The summed E-state index contributed by atoms with van der Waals surface area (Å²) in [4.78, 5) is 29.9. The molecule has 0 saturated carbocycles. The molecule has 1 saturated heterocycles. The molecule has 5 nitrogen and oxygen atoms in total. The number of carbonyl (C=O) groups excluding carboxylic acids is 2. The van der Waals surface area contributed by atoms with E-state index < -0.39 is 0 Å². The predicted octanol–water partition coefficient (Wildman–Crippen LogP) is 2.88. The Balaban J connectivity index is 2.40. The maximum Gasteiger partial charge on any atom is 0.270 e. The zero-order valence-electron chi connectivity index (χ0n) is 14.8. The number of Topliss-reactive ketones (excluding diaryl/α,β-unsaturated/α-hetero) is 1. The summed E-state index contributed by atoms with van der Waals surface area (Å²) in [5.41, 5.74) is 2.51. The summed E-state index contributed by atoms with van der Waals surface area (Å²) in [6.07, 6.45) is 1.81. The molecule has 1 aliphatic rings. The number of piperidine rings is 1. The van der Waals surface area contributed by atoms with Crippen molar-refractivity contribution in [2.24, 2.45) is 5.41 Å². The summed E-state index contributed by atoms with van der Waals surface area (Å²) in [6, 6.07) is 0. The molecule has 1 amide bonds. The van der Waals surface area contributed by atoms with Gasteiger partial charge in [0.05, 0.1) is 6.61 Å². The fraction of sp³-hybridized carbons (Fsp3) is 0.667. The van der Waals surface area contributed by atoms with Gasteiger partial charge in [-0.25, -0.2) is 0 Å². The first-order chi connectivity index (χ1) is 10.7. The molecule has 1 atom stereocenters. The number of hydrogen-bond donors (Lipinski definition) is 2. The lowest BCUT2D eigenvalue weighted by Crippen LogP contribution is -2.46. The summed E-state index contributed by atoms with van der Waals surface area (Å²) in [5, 5.41) is 9.59. The second-order valence-electron chi connectivity index (χ2n) is 7.42. The van der Waals surface area contributed by atoms with Crippen LogP contribution < -0.4 is 0 Å². The standard InChI is InChI=1S/C18H28N2O3/c1-11(2)14-15(13(4)22)12(3)19-16(14)17(23)20-8-6-7-18(5,9-20)10-21/h11,19,21H,6-10H2,1-5H3. The molecule has 5 heteroatoms. The van der Waals surface area contributed by atoms with E-state index in [-0.39, 0.29) is 29.6 Å². The average Bonchev–Trinajstić information content (AvgIpc) is 2.84. The Morgan fingerprint density at radius 2 is 2.04 bits per heavy atom. The second-order valence-corrected chi connectivity index (χ2v) is 7.42. The lowest BCUT2D eigenvalue weighted by Gasteiger charge is -2.39. The fourth-order valence-corrected chi connectivity index (χ4v) is 3.62. The molecule has 128 valence electrons. The Morgan fingerprint density at radius 1 is 1.39 bits per heavy atom. The van der Waals surface area contributed by atoms with Crippen LogP contribution in [0.1, 0.15) is 78.6 Å². The van der Waals surface area contributed by atoms with Crippen LogP contribution in [0.25, 0.3) is 0 Å². The fourth-order valence-electron chi connectivity index (χ4n) is 3.62. The highest BCUT2D eigenvalue weighted by atomic mass is 16.3. The van der Waals surface area contributed by atoms with Gasteiger partial charge in [-0.3, -0.25) is 9.59 Å². The molecule has 1 aromatic rings. The molecule has 0 aromatic carbocycles. The number of aliphatic hydroxyl groups excluding tert-OH is 1. The van der Waals surface area contributed by atoms with Crippen molar-refractivity contribution >= 4 is 11.7 Å². The quantitative estimate of drug-likeness (QED) is 0.838. The van der Waals surface area contributed by atoms with Gasteiger partial charge in [-0.15, -0.1) is 0 Å². The number of H-pyrrole nitrogens is 1. The molecule has 1 unspecified atom stereocenters. The van der Waals surface area contributed by atoms with Gasteiger partial charge in [-0.05, 0) is 38.2 Å². The van der Waals surface area contributed by atoms with Crippen molar-refractivity contribution in [2.75, 3.05) is 19.7 Å². The lowest BCUT2D eigenvalue weighted by molar-refractivity contribution is 0.0353. The zero-order chi connectivity index (χ0) is 17.4. The monoisotopic (exact) mass is 320 g/mol. The van der Waals surface area contributed by atoms with E-state index >= 15 is 0 Å². The zero-order valence-corrected chi connectivity index (χ0v) is 14.8. The van der Waals surface area contributed by atoms with Crippen molar-refractivity contribution in [3.8, 4) is 0 Å². The van der Waals surface area contributed by atoms with E-state index in [1.54, 1.807) is 11.8 Å². The smallest absolute Gasteiger partial charge is 0.270 e. The highest BCUT2D eigenvalue weighted by Gasteiger charge is 2.35. The number of hydrogen-bond acceptors (Lipinski definition) is 3. The third kappa shape index (κ3) is 3.34. The molecule has 0 bridgehead atoms. The topological polar surface area (TPSA) is 73.4 Å². The predicted molar refractivity (Wildman–Crippen MR) is 90.0 cm³/mol. The molecule has 1 aromatic heterocycles. The van der Waals surface area contributed by atoms with Crippen molar-refractivity contribution < 1.29 is 14.7 Å². The molecule has 2 N–H and O–H groups in total. The highest BCUT2D eigenvalue weighted by Crippen LogP contribution is 2.32. The van der Waals surface area contributed by atoms with E-state index in [4.69, 9.17) is 0 Å². The van der Waals surface area contributed by atoms with Gasteiger partial charge in [-0.1, -0.05) is 20.8 Å². The number of ketones is 1. The Bertz CT molecular complexity index is 618. The van der Waals surface area contributed by atoms with Gasteiger partial charge in [0.25, 0.3) is 5.91 Å². The van der Waals surface area contributed by atoms with Gasteiger partial charge >= 0.3 is 0 Å². The van der Waals surface area contributed by atoms with Crippen LogP contribution in [-0.4, -0.2) is 46.4 Å². The highest BCUT2D eigenvalue weighted by molar-refractivity contribution is 6.03. The van der Waals surface area contributed by atoms with Crippen molar-refractivity contribution in [3.63, 3.8) is 0 Å². The van der Waals surface area contributed by atoms with Crippen LogP contribution in [-0.2, 0) is 0 Å². The molecular weight excluding hydrogens is 292 g/mol. The summed E-state index contributed by atoms with van der Waals surface area (Å²) in [5.74, 6) is 0.0100. The van der Waals surface area contributed by atoms with Crippen LogP contribution in [0.4, 0.5) is 0 Å². The van der Waals surface area contributed by atoms with Gasteiger partial charge in [0, 0.05) is 29.8 Å². The molecule has 1 fully saturated rings. The molecule has 1 aliphatic heterocycles. The number of amides is 1. The second kappa shape index (κ2) is 6.48. The van der Waals surface area contributed by atoms with Crippen molar-refractivity contribution in [1.29, 1.82) is 0 Å². The van der Waals surface area contributed by atoms with Crippen LogP contribution in [0.15, 0.2) is 0 Å². The minimum Gasteiger partial charge on any atom is -0.396 e. The van der Waals surface area contributed by atoms with Crippen molar-refractivity contribution in [1.82, 2.24) is 9.88 Å². The first-order valence-electron chi connectivity index (χ1n) is 8.33. The number of aryl methyl sites for hydroxylation is 1. The Kier molecular flexibility index (Phi) is 4.99. The van der Waals surface area contributed by atoms with E-state index in [9.17, 15) is 14.7 Å². The Labute approximate surface area is 138 Å². The van der Waals surface area contributed by atoms with Gasteiger partial charge in [0.2, 0.25) is 0 Å². The SMILES string of the molecule is CC(=O)c1c(C)[nH]c(C(=O)N2CCCC(C)(CO)C2)c1C(C)C. The number of aromatic amines is 1. The van der Waals surface area contributed by atoms with Gasteiger partial charge in [-0.2, -0.15) is 0 Å². The van der Waals surface area contributed by atoms with Crippen molar-refractivity contribution in [2.45, 2.75) is 53.4 Å². The first-order valence-corrected chi connectivity index (χ1v) is 8.33. The summed E-state index contributed by atoms with van der Waals surface area (Å²) < 4.78 is 0. The Hall–Kier alpha value is -1.62. The van der Waals surface area contributed by atoms with E-state index in [0.717, 1.165) is 24.1 Å².